The van der Waals surface area contributed by atoms with Gasteiger partial charge in [-0.25, -0.2) is 8.42 Å². The Morgan fingerprint density at radius 3 is 2.69 bits per heavy atom. The van der Waals surface area contributed by atoms with Gasteiger partial charge in [0, 0.05) is 31.5 Å². The van der Waals surface area contributed by atoms with Crippen molar-refractivity contribution in [3.8, 4) is 6.07 Å². The SMILES string of the molecule is CS(=O)(=O)c1cccc(C=CC(=O)N[C@H]2CC[C@H](CCN3CCc4cc(C#N)ccc4C3)CC2)c1. The van der Waals surface area contributed by atoms with Gasteiger partial charge in [-0.2, -0.15) is 5.26 Å². The lowest BCUT2D eigenvalue weighted by molar-refractivity contribution is -0.117. The Labute approximate surface area is 208 Å². The number of rotatable bonds is 7. The van der Waals surface area contributed by atoms with Crippen LogP contribution in [0.15, 0.2) is 53.4 Å². The third kappa shape index (κ3) is 7.03. The van der Waals surface area contributed by atoms with Crippen LogP contribution in [0.4, 0.5) is 0 Å². The van der Waals surface area contributed by atoms with E-state index in [0.29, 0.717) is 11.5 Å². The van der Waals surface area contributed by atoms with Gasteiger partial charge in [-0.15, -0.1) is 0 Å². The molecule has 0 atom stereocenters. The standard InChI is InChI=1S/C28H33N3O3S/c1-35(33,34)27-4-2-3-22(18-27)8-12-28(32)30-26-10-6-21(7-11-26)13-15-31-16-14-24-17-23(19-29)5-9-25(24)20-31/h2-5,8-9,12,17-18,21,26H,6-7,10-11,13-16,20H2,1H3,(H,30,32)/t21-,26-. The van der Waals surface area contributed by atoms with Crippen LogP contribution in [-0.2, 0) is 27.6 Å². The number of sulfone groups is 1. The zero-order valence-corrected chi connectivity index (χ0v) is 21.1. The second kappa shape index (κ2) is 11.2. The summed E-state index contributed by atoms with van der Waals surface area (Å²) in [5.41, 5.74) is 4.10. The smallest absolute Gasteiger partial charge is 0.244 e. The van der Waals surface area contributed by atoms with Gasteiger partial charge in [0.05, 0.1) is 16.5 Å². The van der Waals surface area contributed by atoms with Crippen LogP contribution in [0.5, 0.6) is 0 Å². The summed E-state index contributed by atoms with van der Waals surface area (Å²) in [6.07, 6.45) is 10.8. The molecule has 1 heterocycles. The third-order valence-corrected chi connectivity index (χ3v) is 8.30. The number of nitriles is 1. The summed E-state index contributed by atoms with van der Waals surface area (Å²) >= 11 is 0. The van der Waals surface area contributed by atoms with Gasteiger partial charge in [0.1, 0.15) is 0 Å². The normalized spacial score (nSPS) is 20.8. The Bertz CT molecular complexity index is 1240. The van der Waals surface area contributed by atoms with Crippen LogP contribution in [0.1, 0.15) is 54.4 Å². The van der Waals surface area contributed by atoms with Crippen LogP contribution in [0, 0.1) is 17.2 Å². The predicted molar refractivity (Wildman–Crippen MR) is 137 cm³/mol. The summed E-state index contributed by atoms with van der Waals surface area (Å²) in [4.78, 5) is 15.2. The summed E-state index contributed by atoms with van der Waals surface area (Å²) in [7, 11) is -3.27. The molecule has 0 radical (unpaired) electrons. The molecular formula is C28H33N3O3S. The molecule has 0 aromatic heterocycles. The number of hydrogen-bond donors (Lipinski definition) is 1. The van der Waals surface area contributed by atoms with Gasteiger partial charge in [0.25, 0.3) is 0 Å². The number of carbonyl (C=O) groups is 1. The molecule has 2 aromatic rings. The van der Waals surface area contributed by atoms with Gasteiger partial charge in [-0.3, -0.25) is 9.69 Å². The van der Waals surface area contributed by atoms with E-state index in [1.165, 1.54) is 29.9 Å². The Kier molecular flexibility index (Phi) is 8.04. The van der Waals surface area contributed by atoms with Crippen LogP contribution >= 0.6 is 0 Å². The zero-order chi connectivity index (χ0) is 24.8. The molecule has 0 saturated heterocycles. The van der Waals surface area contributed by atoms with Gasteiger partial charge < -0.3 is 5.32 Å². The van der Waals surface area contributed by atoms with Crippen molar-refractivity contribution in [3.63, 3.8) is 0 Å². The molecule has 0 bridgehead atoms. The minimum atomic E-state index is -3.27. The molecule has 0 spiro atoms. The summed E-state index contributed by atoms with van der Waals surface area (Å²) in [6.45, 7) is 3.11. The van der Waals surface area contributed by atoms with Crippen molar-refractivity contribution in [1.29, 1.82) is 5.26 Å². The summed E-state index contributed by atoms with van der Waals surface area (Å²) in [5, 5.41) is 12.2. The fourth-order valence-electron chi connectivity index (χ4n) is 5.10. The maximum atomic E-state index is 12.4. The highest BCUT2D eigenvalue weighted by molar-refractivity contribution is 7.90. The molecule has 1 aliphatic carbocycles. The fourth-order valence-corrected chi connectivity index (χ4v) is 5.78. The first-order valence-electron chi connectivity index (χ1n) is 12.3. The maximum Gasteiger partial charge on any atom is 0.244 e. The number of nitrogens with one attached hydrogen (secondary N) is 1. The zero-order valence-electron chi connectivity index (χ0n) is 20.2. The lowest BCUT2D eigenvalue weighted by Gasteiger charge is -2.33. The van der Waals surface area contributed by atoms with Crippen LogP contribution in [-0.4, -0.2) is 44.6 Å². The molecule has 1 amide bonds. The number of nitrogens with zero attached hydrogens (tertiary/aromatic N) is 2. The Morgan fingerprint density at radius 2 is 1.94 bits per heavy atom. The van der Waals surface area contributed by atoms with E-state index >= 15 is 0 Å². The summed E-state index contributed by atoms with van der Waals surface area (Å²) < 4.78 is 23.4. The van der Waals surface area contributed by atoms with E-state index in [0.717, 1.165) is 57.3 Å². The minimum Gasteiger partial charge on any atom is -0.350 e. The van der Waals surface area contributed by atoms with Crippen molar-refractivity contribution < 1.29 is 13.2 Å². The summed E-state index contributed by atoms with van der Waals surface area (Å²) in [5.74, 6) is 0.560. The van der Waals surface area contributed by atoms with Crippen molar-refractivity contribution in [3.05, 3.63) is 70.8 Å². The largest absolute Gasteiger partial charge is 0.350 e. The maximum absolute atomic E-state index is 12.4. The Balaban J connectivity index is 1.18. The summed E-state index contributed by atoms with van der Waals surface area (Å²) in [6, 6.07) is 15.1. The van der Waals surface area contributed by atoms with E-state index < -0.39 is 9.84 Å². The fraction of sp³-hybridized carbons (Fsp3) is 0.429. The van der Waals surface area contributed by atoms with E-state index in [9.17, 15) is 13.2 Å². The number of hydrogen-bond acceptors (Lipinski definition) is 5. The number of amides is 1. The van der Waals surface area contributed by atoms with Gasteiger partial charge in [-0.1, -0.05) is 18.2 Å². The molecule has 2 aromatic carbocycles. The lowest BCUT2D eigenvalue weighted by atomic mass is 9.84. The third-order valence-electron chi connectivity index (χ3n) is 7.19. The Hall–Kier alpha value is -2.95. The molecule has 1 aliphatic heterocycles. The lowest BCUT2D eigenvalue weighted by Crippen LogP contribution is -2.37. The van der Waals surface area contributed by atoms with Crippen LogP contribution < -0.4 is 5.32 Å². The average Bonchev–Trinajstić information content (AvgIpc) is 2.86. The molecule has 1 N–H and O–H groups in total. The van der Waals surface area contributed by atoms with Gasteiger partial charge in [-0.05, 0) is 98.0 Å². The van der Waals surface area contributed by atoms with Crippen molar-refractivity contribution >= 4 is 21.8 Å². The number of benzene rings is 2. The number of carbonyl (C=O) groups excluding carboxylic acids is 1. The van der Waals surface area contributed by atoms with E-state index in [1.807, 2.05) is 12.1 Å². The molecular weight excluding hydrogens is 458 g/mol. The van der Waals surface area contributed by atoms with Crippen LogP contribution in [0.25, 0.3) is 6.08 Å². The molecule has 1 saturated carbocycles. The first-order valence-corrected chi connectivity index (χ1v) is 14.2. The topological polar surface area (TPSA) is 90.3 Å². The first kappa shape index (κ1) is 25.2. The molecule has 4 rings (SSSR count). The van der Waals surface area contributed by atoms with Gasteiger partial charge in [0.15, 0.2) is 9.84 Å². The van der Waals surface area contributed by atoms with E-state index in [1.54, 1.807) is 30.3 Å². The highest BCUT2D eigenvalue weighted by atomic mass is 32.2. The molecule has 1 fully saturated rings. The van der Waals surface area contributed by atoms with E-state index in [2.05, 4.69) is 22.4 Å². The molecule has 7 heteroatoms. The molecule has 6 nitrogen and oxygen atoms in total. The minimum absolute atomic E-state index is 0.134. The average molecular weight is 492 g/mol. The van der Waals surface area contributed by atoms with Crippen molar-refractivity contribution in [1.82, 2.24) is 10.2 Å². The van der Waals surface area contributed by atoms with E-state index in [-0.39, 0.29) is 16.8 Å². The second-order valence-electron chi connectivity index (χ2n) is 9.81. The molecule has 35 heavy (non-hydrogen) atoms. The van der Waals surface area contributed by atoms with Gasteiger partial charge in [0.2, 0.25) is 5.91 Å². The number of fused-ring (bicyclic) bond motifs is 1. The van der Waals surface area contributed by atoms with Gasteiger partial charge >= 0.3 is 0 Å². The second-order valence-corrected chi connectivity index (χ2v) is 11.8. The van der Waals surface area contributed by atoms with E-state index in [4.69, 9.17) is 5.26 Å². The molecule has 184 valence electrons. The van der Waals surface area contributed by atoms with Crippen molar-refractivity contribution in [2.75, 3.05) is 19.3 Å². The monoisotopic (exact) mass is 491 g/mol. The van der Waals surface area contributed by atoms with Crippen LogP contribution in [0.3, 0.4) is 0 Å². The first-order chi connectivity index (χ1) is 16.8. The predicted octanol–water partition coefficient (Wildman–Crippen LogP) is 4.10. The molecule has 2 aliphatic rings. The molecule has 0 unspecified atom stereocenters. The highest BCUT2D eigenvalue weighted by Gasteiger charge is 2.23. The van der Waals surface area contributed by atoms with Crippen molar-refractivity contribution in [2.24, 2.45) is 5.92 Å². The van der Waals surface area contributed by atoms with Crippen molar-refractivity contribution in [2.45, 2.75) is 56.0 Å². The Morgan fingerprint density at radius 1 is 1.14 bits per heavy atom. The van der Waals surface area contributed by atoms with Crippen LogP contribution in [0.2, 0.25) is 0 Å². The highest BCUT2D eigenvalue weighted by Crippen LogP contribution is 2.28. The quantitative estimate of drug-likeness (QED) is 0.589.